The highest BCUT2D eigenvalue weighted by Gasteiger charge is 2.26. The molecule has 0 bridgehead atoms. The van der Waals surface area contributed by atoms with Gasteiger partial charge in [0, 0.05) is 32.7 Å². The predicted molar refractivity (Wildman–Crippen MR) is 267 cm³/mol. The molecule has 0 atom stereocenters. The maximum atomic E-state index is 2.54. The number of hydrogen-bond donors (Lipinski definition) is 0. The number of hydrogen-bond acceptors (Lipinski definition) is 1. The van der Waals surface area contributed by atoms with Crippen molar-refractivity contribution in [1.82, 2.24) is 4.57 Å². The third-order valence-corrected chi connectivity index (χ3v) is 13.0. The van der Waals surface area contributed by atoms with Crippen LogP contribution in [0.25, 0.3) is 82.1 Å². The molecule has 0 aliphatic rings. The maximum absolute atomic E-state index is 2.54. The summed E-state index contributed by atoms with van der Waals surface area (Å²) in [4.78, 5) is 2.54. The molecule has 0 saturated carbocycles. The highest BCUT2D eigenvalue weighted by Crippen LogP contribution is 2.50. The first kappa shape index (κ1) is 37.8. The van der Waals surface area contributed by atoms with Crippen molar-refractivity contribution in [3.05, 3.63) is 205 Å². The summed E-state index contributed by atoms with van der Waals surface area (Å²) in [7, 11) is 0. The van der Waals surface area contributed by atoms with Crippen molar-refractivity contribution in [1.29, 1.82) is 0 Å². The van der Waals surface area contributed by atoms with E-state index in [0.717, 1.165) is 17.1 Å². The normalized spacial score (nSPS) is 12.4. The summed E-state index contributed by atoms with van der Waals surface area (Å²) in [6, 6.07) is 72.3. The molecule has 1 aromatic heterocycles. The van der Waals surface area contributed by atoms with E-state index in [1.54, 1.807) is 0 Å². The average Bonchev–Trinajstić information content (AvgIpc) is 3.62. The second-order valence-corrected chi connectivity index (χ2v) is 19.0. The Morgan fingerprint density at radius 3 is 1.42 bits per heavy atom. The highest BCUT2D eigenvalue weighted by molar-refractivity contribution is 6.27. The molecule has 11 rings (SSSR count). The van der Waals surface area contributed by atoms with Crippen molar-refractivity contribution >= 4 is 71.2 Å². The minimum Gasteiger partial charge on any atom is -0.309 e. The first-order valence-electron chi connectivity index (χ1n) is 21.9. The van der Waals surface area contributed by atoms with E-state index in [0.29, 0.717) is 0 Å². The van der Waals surface area contributed by atoms with Crippen LogP contribution in [-0.2, 0) is 10.8 Å². The zero-order chi connectivity index (χ0) is 42.3. The fourth-order valence-electron chi connectivity index (χ4n) is 9.82. The molecule has 0 spiro atoms. The SMILES string of the molecule is CC(C)(C)c1cc(-c2ccccc2N(c2ccccc2-c2ccccc2)c2ccc3ccc4c(-n5c6ccccc6c6ccccc65)ccc5ccc2c3c54)cc(C(C)(C)C)c1. The lowest BCUT2D eigenvalue weighted by Gasteiger charge is -2.32. The van der Waals surface area contributed by atoms with Gasteiger partial charge in [0.25, 0.3) is 0 Å². The van der Waals surface area contributed by atoms with E-state index in [1.807, 2.05) is 0 Å². The predicted octanol–water partition coefficient (Wildman–Crippen LogP) is 17.1. The summed E-state index contributed by atoms with van der Waals surface area (Å²) in [5.74, 6) is 0. The molecule has 0 unspecified atom stereocenters. The number of fused-ring (bicyclic) bond motifs is 3. The van der Waals surface area contributed by atoms with Gasteiger partial charge >= 0.3 is 0 Å². The van der Waals surface area contributed by atoms with Crippen LogP contribution in [0.5, 0.6) is 0 Å². The van der Waals surface area contributed by atoms with Gasteiger partial charge in [0.1, 0.15) is 0 Å². The molecule has 2 heteroatoms. The Kier molecular flexibility index (Phi) is 8.67. The molecule has 0 aliphatic carbocycles. The van der Waals surface area contributed by atoms with Gasteiger partial charge in [-0.05, 0) is 91.0 Å². The van der Waals surface area contributed by atoms with Gasteiger partial charge in [-0.3, -0.25) is 0 Å². The Hall–Kier alpha value is -7.16. The Balaban J connectivity index is 1.22. The van der Waals surface area contributed by atoms with E-state index >= 15 is 0 Å². The van der Waals surface area contributed by atoms with E-state index in [1.165, 1.54) is 93.2 Å². The molecule has 62 heavy (non-hydrogen) atoms. The van der Waals surface area contributed by atoms with Crippen molar-refractivity contribution in [2.75, 3.05) is 4.90 Å². The molecular weight excluding hydrogens is 749 g/mol. The van der Waals surface area contributed by atoms with Crippen LogP contribution in [0.3, 0.4) is 0 Å². The highest BCUT2D eigenvalue weighted by atomic mass is 15.1. The van der Waals surface area contributed by atoms with E-state index < -0.39 is 0 Å². The largest absolute Gasteiger partial charge is 0.309 e. The lowest BCUT2D eigenvalue weighted by Crippen LogP contribution is -2.17. The topological polar surface area (TPSA) is 8.17 Å². The molecule has 0 aliphatic heterocycles. The number of benzene rings is 10. The van der Waals surface area contributed by atoms with E-state index in [2.05, 4.69) is 245 Å². The van der Waals surface area contributed by atoms with E-state index in [4.69, 9.17) is 0 Å². The number of anilines is 3. The van der Waals surface area contributed by atoms with E-state index in [9.17, 15) is 0 Å². The fourth-order valence-corrected chi connectivity index (χ4v) is 9.82. The molecule has 10 aromatic carbocycles. The standard InChI is InChI=1S/C60H50N2/c1-59(2,3)43-36-42(37-44(38-43)60(4,5)6)46-21-11-15-25-52(46)61(51-24-14-10-20-45(51)39-18-8-7-9-19-39)55-34-30-40-29-33-50-56(35-31-41-28-32-49(55)57(40)58(41)50)62-53-26-16-12-22-47(53)48-23-13-17-27-54(48)62/h7-38H,1-6H3. The average molecular weight is 799 g/mol. The maximum Gasteiger partial charge on any atom is 0.0541 e. The van der Waals surface area contributed by atoms with Crippen LogP contribution in [0.2, 0.25) is 0 Å². The van der Waals surface area contributed by atoms with Crippen molar-refractivity contribution in [2.24, 2.45) is 0 Å². The van der Waals surface area contributed by atoms with Gasteiger partial charge in [0.15, 0.2) is 0 Å². The summed E-state index contributed by atoms with van der Waals surface area (Å²) in [6.07, 6.45) is 0. The monoisotopic (exact) mass is 798 g/mol. The van der Waals surface area contributed by atoms with Crippen LogP contribution in [0.1, 0.15) is 52.7 Å². The second kappa shape index (κ2) is 14.2. The van der Waals surface area contributed by atoms with Crippen LogP contribution in [0.4, 0.5) is 17.1 Å². The molecule has 11 aromatic rings. The van der Waals surface area contributed by atoms with Gasteiger partial charge in [-0.15, -0.1) is 0 Å². The summed E-state index contributed by atoms with van der Waals surface area (Å²) < 4.78 is 2.47. The molecule has 0 amide bonds. The summed E-state index contributed by atoms with van der Waals surface area (Å²) in [5, 5.41) is 10.0. The third kappa shape index (κ3) is 6.08. The zero-order valence-electron chi connectivity index (χ0n) is 36.4. The number of para-hydroxylation sites is 4. The third-order valence-electron chi connectivity index (χ3n) is 13.0. The Morgan fingerprint density at radius 2 is 0.823 bits per heavy atom. The van der Waals surface area contributed by atoms with Crippen LogP contribution in [0.15, 0.2) is 194 Å². The van der Waals surface area contributed by atoms with Gasteiger partial charge in [0.2, 0.25) is 0 Å². The quantitative estimate of drug-likeness (QED) is 0.152. The molecule has 0 saturated heterocycles. The first-order chi connectivity index (χ1) is 30.0. The number of aromatic nitrogens is 1. The lowest BCUT2D eigenvalue weighted by molar-refractivity contribution is 0.569. The molecule has 0 radical (unpaired) electrons. The molecule has 0 N–H and O–H groups in total. The van der Waals surface area contributed by atoms with Crippen LogP contribution < -0.4 is 4.90 Å². The van der Waals surface area contributed by atoms with Gasteiger partial charge in [0.05, 0.1) is 33.8 Å². The Labute approximate surface area is 364 Å². The van der Waals surface area contributed by atoms with E-state index in [-0.39, 0.29) is 10.8 Å². The minimum absolute atomic E-state index is 0.0191. The Morgan fingerprint density at radius 1 is 0.355 bits per heavy atom. The van der Waals surface area contributed by atoms with Crippen LogP contribution >= 0.6 is 0 Å². The van der Waals surface area contributed by atoms with Crippen molar-refractivity contribution in [3.63, 3.8) is 0 Å². The van der Waals surface area contributed by atoms with Gasteiger partial charge in [-0.25, -0.2) is 0 Å². The summed E-state index contributed by atoms with van der Waals surface area (Å²) >= 11 is 0. The Bertz CT molecular complexity index is 3400. The molecule has 300 valence electrons. The van der Waals surface area contributed by atoms with Gasteiger partial charge in [-0.1, -0.05) is 199 Å². The van der Waals surface area contributed by atoms with Crippen LogP contribution in [-0.4, -0.2) is 4.57 Å². The lowest BCUT2D eigenvalue weighted by atomic mass is 9.78. The smallest absolute Gasteiger partial charge is 0.0541 e. The number of nitrogens with zero attached hydrogens (tertiary/aromatic N) is 2. The van der Waals surface area contributed by atoms with Gasteiger partial charge < -0.3 is 9.47 Å². The fraction of sp³-hybridized carbons (Fsp3) is 0.133. The molecule has 0 fully saturated rings. The summed E-state index contributed by atoms with van der Waals surface area (Å²) in [5.41, 5.74) is 14.5. The first-order valence-corrected chi connectivity index (χ1v) is 21.9. The van der Waals surface area contributed by atoms with Crippen molar-refractivity contribution in [3.8, 4) is 27.9 Å². The molecule has 1 heterocycles. The van der Waals surface area contributed by atoms with Gasteiger partial charge in [-0.2, -0.15) is 0 Å². The molecule has 2 nitrogen and oxygen atoms in total. The number of rotatable bonds is 6. The summed E-state index contributed by atoms with van der Waals surface area (Å²) in [6.45, 7) is 13.9. The minimum atomic E-state index is -0.0191. The second-order valence-electron chi connectivity index (χ2n) is 19.0. The molecular formula is C60H50N2. The van der Waals surface area contributed by atoms with Crippen molar-refractivity contribution < 1.29 is 0 Å². The van der Waals surface area contributed by atoms with Crippen molar-refractivity contribution in [2.45, 2.75) is 52.4 Å². The zero-order valence-corrected chi connectivity index (χ0v) is 36.4. The van der Waals surface area contributed by atoms with Crippen LogP contribution in [0, 0.1) is 0 Å².